The van der Waals surface area contributed by atoms with E-state index in [2.05, 4.69) is 133 Å². The first-order valence-corrected chi connectivity index (χ1v) is 21.6. The van der Waals surface area contributed by atoms with Crippen LogP contribution in [0.25, 0.3) is 66.6 Å². The van der Waals surface area contributed by atoms with Crippen molar-refractivity contribution in [2.75, 3.05) is 0 Å². The summed E-state index contributed by atoms with van der Waals surface area (Å²) < 4.78 is 0. The number of ketones is 2. The largest absolute Gasteiger partial charge is 0.354 e. The van der Waals surface area contributed by atoms with Gasteiger partial charge in [0.15, 0.2) is 11.6 Å². The Labute approximate surface area is 354 Å². The summed E-state index contributed by atoms with van der Waals surface area (Å²) in [6.45, 7) is 23.4. The Kier molecular flexibility index (Phi) is 10.7. The molecule has 6 nitrogen and oxygen atoms in total. The summed E-state index contributed by atoms with van der Waals surface area (Å²) in [7, 11) is 0. The number of benzene rings is 2. The van der Waals surface area contributed by atoms with Gasteiger partial charge in [-0.15, -0.1) is 0 Å². The van der Waals surface area contributed by atoms with E-state index in [1.807, 2.05) is 0 Å². The van der Waals surface area contributed by atoms with Crippen molar-refractivity contribution in [2.45, 2.75) is 108 Å². The number of fused-ring (bicyclic) bond motifs is 8. The maximum absolute atomic E-state index is 13.2. The molecule has 8 bridgehead atoms. The zero-order valence-corrected chi connectivity index (χ0v) is 37.1. The topological polar surface area (TPSA) is 91.5 Å². The number of hydrogen-bond acceptors (Lipinski definition) is 4. The molecule has 3 aliphatic rings. The van der Waals surface area contributed by atoms with E-state index in [0.29, 0.717) is 23.1 Å². The number of carbonyl (C=O) groups is 2. The van der Waals surface area contributed by atoms with Gasteiger partial charge in [-0.2, -0.15) is 0 Å². The molecular formula is C54H56N4O2. The first kappa shape index (κ1) is 40.6. The Morgan fingerprint density at radius 1 is 0.533 bits per heavy atom. The van der Waals surface area contributed by atoms with Crippen molar-refractivity contribution >= 4 is 55.9 Å². The summed E-state index contributed by atoms with van der Waals surface area (Å²) in [5, 5.41) is 0. The molecule has 2 aromatic carbocycles. The molecule has 5 aromatic rings. The van der Waals surface area contributed by atoms with Gasteiger partial charge in [0.2, 0.25) is 0 Å². The van der Waals surface area contributed by atoms with Crippen LogP contribution in [0.4, 0.5) is 0 Å². The summed E-state index contributed by atoms with van der Waals surface area (Å²) in [5.74, 6) is -0.138. The van der Waals surface area contributed by atoms with E-state index in [4.69, 9.17) is 9.97 Å². The second-order valence-electron chi connectivity index (χ2n) is 16.7. The van der Waals surface area contributed by atoms with E-state index in [1.54, 1.807) is 13.8 Å². The lowest BCUT2D eigenvalue weighted by Crippen LogP contribution is -2.17. The molecule has 2 aliphatic heterocycles. The number of carbonyl (C=O) groups excluding carboxylic acids is 2. The lowest BCUT2D eigenvalue weighted by molar-refractivity contribution is -0.115. The predicted molar refractivity (Wildman–Crippen MR) is 251 cm³/mol. The third-order valence-corrected chi connectivity index (χ3v) is 13.3. The molecule has 0 unspecified atom stereocenters. The molecule has 0 saturated carbocycles. The highest BCUT2D eigenvalue weighted by Crippen LogP contribution is 2.44. The van der Waals surface area contributed by atoms with E-state index in [1.165, 1.54) is 56.2 Å². The lowest BCUT2D eigenvalue weighted by atomic mass is 9.88. The summed E-state index contributed by atoms with van der Waals surface area (Å²) >= 11 is 0. The highest BCUT2D eigenvalue weighted by molar-refractivity contribution is 6.22. The summed E-state index contributed by atoms with van der Waals surface area (Å²) in [4.78, 5) is 44.9. The number of aromatic nitrogens is 4. The van der Waals surface area contributed by atoms with E-state index in [0.717, 1.165) is 98.3 Å². The minimum atomic E-state index is -0.0861. The quantitative estimate of drug-likeness (QED) is 0.153. The number of aryl methyl sites for hydroxylation is 5. The maximum Gasteiger partial charge on any atom is 0.185 e. The number of Topliss-reactive ketones (excluding diaryl/α,β-unsaturated/α-hetero) is 1. The van der Waals surface area contributed by atoms with Crippen LogP contribution >= 0.6 is 0 Å². The zero-order chi connectivity index (χ0) is 42.7. The number of rotatable bonds is 8. The molecule has 60 heavy (non-hydrogen) atoms. The van der Waals surface area contributed by atoms with Crippen LogP contribution < -0.4 is 0 Å². The van der Waals surface area contributed by atoms with Gasteiger partial charge in [0.1, 0.15) is 0 Å². The van der Waals surface area contributed by atoms with Gasteiger partial charge < -0.3 is 9.97 Å². The molecule has 0 saturated heterocycles. The van der Waals surface area contributed by atoms with Crippen molar-refractivity contribution in [1.82, 2.24) is 19.9 Å². The number of H-pyrrole nitrogens is 2. The van der Waals surface area contributed by atoms with Gasteiger partial charge in [0.25, 0.3) is 0 Å². The smallest absolute Gasteiger partial charge is 0.185 e. The van der Waals surface area contributed by atoms with Crippen molar-refractivity contribution < 1.29 is 9.59 Å². The van der Waals surface area contributed by atoms with Crippen LogP contribution in [0.3, 0.4) is 0 Å². The van der Waals surface area contributed by atoms with Crippen LogP contribution in [-0.4, -0.2) is 31.5 Å². The van der Waals surface area contributed by atoms with Crippen molar-refractivity contribution in [3.8, 4) is 22.3 Å². The number of aromatic amines is 2. The summed E-state index contributed by atoms with van der Waals surface area (Å²) in [6.07, 6.45) is 5.33. The molecule has 6 heteroatoms. The fourth-order valence-electron chi connectivity index (χ4n) is 9.66. The Morgan fingerprint density at radius 3 is 1.47 bits per heavy atom. The monoisotopic (exact) mass is 792 g/mol. The third-order valence-electron chi connectivity index (χ3n) is 13.3. The molecule has 5 heterocycles. The van der Waals surface area contributed by atoms with Gasteiger partial charge in [-0.25, -0.2) is 9.97 Å². The minimum absolute atomic E-state index is 0.0520. The van der Waals surface area contributed by atoms with Crippen molar-refractivity contribution in [1.29, 1.82) is 0 Å². The van der Waals surface area contributed by atoms with Crippen LogP contribution in [0.15, 0.2) is 83.5 Å². The average Bonchev–Trinajstić information content (AvgIpc) is 3.93. The van der Waals surface area contributed by atoms with E-state index >= 15 is 0 Å². The number of hydrogen-bond donors (Lipinski definition) is 2. The highest BCUT2D eigenvalue weighted by Gasteiger charge is 2.27. The number of nitrogens with one attached hydrogen (secondary N) is 2. The molecule has 0 amide bonds. The van der Waals surface area contributed by atoms with Gasteiger partial charge >= 0.3 is 0 Å². The van der Waals surface area contributed by atoms with Crippen molar-refractivity contribution in [2.24, 2.45) is 0 Å². The van der Waals surface area contributed by atoms with Crippen LogP contribution in [0.1, 0.15) is 124 Å². The van der Waals surface area contributed by atoms with Crippen molar-refractivity contribution in [3.63, 3.8) is 0 Å². The molecule has 8 rings (SSSR count). The van der Waals surface area contributed by atoms with Gasteiger partial charge in [-0.05, 0) is 154 Å². The normalized spacial score (nSPS) is 14.6. The number of allylic oxidation sites excluding steroid dienone is 8. The maximum atomic E-state index is 13.2. The SMILES string of the molecule is CCC1=C(C)c2nc1cc1[nH]c(c(C)c1CC)c(-c1ccc(CC3=CC(=O)C(C)=C(C)C3=O)cc1)c1[nH]c(cc3nc(c2-c2ccc(C)cc2)C(C)=C3CC)c(CC)c1C. The molecule has 0 radical (unpaired) electrons. The fourth-order valence-corrected chi connectivity index (χ4v) is 9.66. The van der Waals surface area contributed by atoms with Gasteiger partial charge in [0.05, 0.1) is 33.8 Å². The minimum Gasteiger partial charge on any atom is -0.354 e. The Balaban J connectivity index is 1.48. The Hall–Kier alpha value is -6.14. The van der Waals surface area contributed by atoms with E-state index in [-0.39, 0.29) is 11.6 Å². The number of nitrogens with zero attached hydrogens (tertiary/aromatic N) is 2. The van der Waals surface area contributed by atoms with Gasteiger partial charge in [0, 0.05) is 45.3 Å². The van der Waals surface area contributed by atoms with Crippen LogP contribution in [0.5, 0.6) is 0 Å². The molecule has 0 atom stereocenters. The van der Waals surface area contributed by atoms with Crippen LogP contribution in [-0.2, 0) is 28.9 Å². The Morgan fingerprint density at radius 2 is 1.00 bits per heavy atom. The lowest BCUT2D eigenvalue weighted by Gasteiger charge is -2.14. The standard InChI is InChI=1S/C54H56N4O2/c1-12-39-31(8)50-48(36-20-16-28(5)17-21-36)51-32(9)40(13-2)44(56-51)27-46-42(15-4)34(11)53(58-46)49(52-33(10)41(14-3)45(57-52)26-43(39)55-50)37-22-18-35(19-23-37)24-38-25-47(59)29(6)30(7)54(38)60/h16-23,25-27,57-58H,12-15,24H2,1-11H3. The van der Waals surface area contributed by atoms with Crippen molar-refractivity contribution in [3.05, 3.63) is 140 Å². The molecule has 304 valence electrons. The van der Waals surface area contributed by atoms with Crippen LogP contribution in [0, 0.1) is 20.8 Å². The van der Waals surface area contributed by atoms with Crippen LogP contribution in [0.2, 0.25) is 0 Å². The van der Waals surface area contributed by atoms with Gasteiger partial charge in [-0.3, -0.25) is 9.59 Å². The second kappa shape index (κ2) is 15.8. The molecule has 1 aliphatic carbocycles. The van der Waals surface area contributed by atoms with E-state index in [9.17, 15) is 9.59 Å². The predicted octanol–water partition coefficient (Wildman–Crippen LogP) is 13.3. The molecule has 0 spiro atoms. The molecule has 2 N–H and O–H groups in total. The fraction of sp³-hybridized carbons (Fsp3) is 0.296. The highest BCUT2D eigenvalue weighted by atomic mass is 16.1. The average molecular weight is 793 g/mol. The molecular weight excluding hydrogens is 737 g/mol. The first-order valence-electron chi connectivity index (χ1n) is 21.6. The van der Waals surface area contributed by atoms with E-state index < -0.39 is 0 Å². The Bertz CT molecular complexity index is 2830. The molecule has 0 fully saturated rings. The molecule has 3 aromatic heterocycles. The van der Waals surface area contributed by atoms with Gasteiger partial charge in [-0.1, -0.05) is 81.8 Å². The first-order chi connectivity index (χ1) is 28.8. The zero-order valence-electron chi connectivity index (χ0n) is 37.1. The summed E-state index contributed by atoms with van der Waals surface area (Å²) in [6, 6.07) is 21.9. The third kappa shape index (κ3) is 6.67. The summed E-state index contributed by atoms with van der Waals surface area (Å²) in [5.41, 5.74) is 26.2. The second-order valence-corrected chi connectivity index (χ2v) is 16.7.